The van der Waals surface area contributed by atoms with Crippen LogP contribution in [0.4, 0.5) is 0 Å². The van der Waals surface area contributed by atoms with Crippen LogP contribution in [-0.2, 0) is 9.53 Å². The van der Waals surface area contributed by atoms with Gasteiger partial charge in [-0.05, 0) is 42.5 Å². The van der Waals surface area contributed by atoms with E-state index in [-0.39, 0.29) is 12.0 Å². The molecule has 0 aliphatic rings. The number of fused-ring (bicyclic) bond motifs is 1. The summed E-state index contributed by atoms with van der Waals surface area (Å²) >= 11 is 5.75. The van der Waals surface area contributed by atoms with Gasteiger partial charge in [0.05, 0.1) is 7.11 Å². The van der Waals surface area contributed by atoms with Crippen molar-refractivity contribution in [1.29, 1.82) is 0 Å². The van der Waals surface area contributed by atoms with Crippen molar-refractivity contribution in [3.63, 3.8) is 0 Å². The summed E-state index contributed by atoms with van der Waals surface area (Å²) in [4.78, 5) is 11.6. The molecule has 128 valence electrons. The molecule has 0 saturated heterocycles. The van der Waals surface area contributed by atoms with Crippen molar-refractivity contribution in [3.8, 4) is 0 Å². The highest BCUT2D eigenvalue weighted by Gasteiger charge is 2.11. The Kier molecular flexibility index (Phi) is 7.13. The molecule has 0 amide bonds. The second kappa shape index (κ2) is 9.33. The van der Waals surface area contributed by atoms with Crippen LogP contribution in [-0.4, -0.2) is 19.0 Å². The molecule has 0 aromatic heterocycles. The number of hydrogen-bond donors (Lipinski definition) is 1. The van der Waals surface area contributed by atoms with Crippen LogP contribution in [0.25, 0.3) is 10.8 Å². The number of carbonyl (C=O) groups excluding carboxylic acids is 1. The van der Waals surface area contributed by atoms with Gasteiger partial charge in [0.1, 0.15) is 0 Å². The molecule has 1 atom stereocenters. The van der Waals surface area contributed by atoms with Crippen molar-refractivity contribution in [3.05, 3.63) is 59.8 Å². The van der Waals surface area contributed by atoms with Gasteiger partial charge in [0.15, 0.2) is 0 Å². The van der Waals surface area contributed by atoms with Crippen LogP contribution in [0.3, 0.4) is 0 Å². The summed E-state index contributed by atoms with van der Waals surface area (Å²) in [5.41, 5.74) is 2.09. The number of unbranched alkanes of at least 4 members (excludes halogenated alkanes) is 1. The Labute approximate surface area is 148 Å². The van der Waals surface area contributed by atoms with E-state index in [0.717, 1.165) is 25.0 Å². The number of esters is 1. The third kappa shape index (κ3) is 5.00. The maximum Gasteiger partial charge on any atom is 0.332 e. The van der Waals surface area contributed by atoms with Crippen molar-refractivity contribution in [2.75, 3.05) is 13.0 Å². The molecule has 24 heavy (non-hydrogen) atoms. The summed E-state index contributed by atoms with van der Waals surface area (Å²) in [7, 11) is 1.39. The zero-order chi connectivity index (χ0) is 17.4. The Bertz CT molecular complexity index is 706. The first-order chi connectivity index (χ1) is 11.7. The SMILES string of the molecule is COC(=O)/C=C(/CCCCCl)N[C@@H](C)c1cccc2ccccc12. The zero-order valence-corrected chi connectivity index (χ0v) is 15.0. The van der Waals surface area contributed by atoms with Gasteiger partial charge in [-0.3, -0.25) is 0 Å². The van der Waals surface area contributed by atoms with Crippen molar-refractivity contribution in [2.24, 2.45) is 0 Å². The lowest BCUT2D eigenvalue weighted by Crippen LogP contribution is -2.20. The maximum absolute atomic E-state index is 11.6. The van der Waals surface area contributed by atoms with Gasteiger partial charge in [-0.1, -0.05) is 42.5 Å². The molecule has 0 bridgehead atoms. The van der Waals surface area contributed by atoms with E-state index < -0.39 is 0 Å². The van der Waals surface area contributed by atoms with Crippen molar-refractivity contribution in [1.82, 2.24) is 5.32 Å². The van der Waals surface area contributed by atoms with Crippen LogP contribution in [0, 0.1) is 0 Å². The predicted octanol–water partition coefficient (Wildman–Crippen LogP) is 4.96. The second-order valence-corrected chi connectivity index (χ2v) is 6.15. The van der Waals surface area contributed by atoms with Crippen molar-refractivity contribution < 1.29 is 9.53 Å². The van der Waals surface area contributed by atoms with E-state index >= 15 is 0 Å². The number of rotatable bonds is 8. The largest absolute Gasteiger partial charge is 0.466 e. The van der Waals surface area contributed by atoms with Gasteiger partial charge in [-0.25, -0.2) is 4.79 Å². The highest BCUT2D eigenvalue weighted by atomic mass is 35.5. The number of carbonyl (C=O) groups is 1. The van der Waals surface area contributed by atoms with Gasteiger partial charge in [0.25, 0.3) is 0 Å². The topological polar surface area (TPSA) is 38.3 Å². The maximum atomic E-state index is 11.6. The number of benzene rings is 2. The lowest BCUT2D eigenvalue weighted by molar-refractivity contribution is -0.134. The lowest BCUT2D eigenvalue weighted by atomic mass is 9.99. The van der Waals surface area contributed by atoms with Gasteiger partial charge in [0, 0.05) is 23.7 Å². The second-order valence-electron chi connectivity index (χ2n) is 5.77. The van der Waals surface area contributed by atoms with Gasteiger partial charge in [0.2, 0.25) is 0 Å². The van der Waals surface area contributed by atoms with E-state index in [0.29, 0.717) is 5.88 Å². The Balaban J connectivity index is 2.20. The summed E-state index contributed by atoms with van der Waals surface area (Å²) in [5, 5.41) is 5.90. The van der Waals surface area contributed by atoms with E-state index in [1.54, 1.807) is 0 Å². The smallest absolute Gasteiger partial charge is 0.332 e. The lowest BCUT2D eigenvalue weighted by Gasteiger charge is -2.20. The molecule has 0 spiro atoms. The molecule has 2 rings (SSSR count). The van der Waals surface area contributed by atoms with Crippen LogP contribution in [0.5, 0.6) is 0 Å². The molecule has 0 radical (unpaired) electrons. The Morgan fingerprint density at radius 3 is 2.71 bits per heavy atom. The third-order valence-corrected chi connectivity index (χ3v) is 4.28. The number of nitrogens with one attached hydrogen (secondary N) is 1. The molecular weight excluding hydrogens is 322 g/mol. The van der Waals surface area contributed by atoms with E-state index in [9.17, 15) is 4.79 Å². The average Bonchev–Trinajstić information content (AvgIpc) is 2.61. The molecule has 0 aliphatic heterocycles. The fourth-order valence-electron chi connectivity index (χ4n) is 2.78. The summed E-state index contributed by atoms with van der Waals surface area (Å²) in [6.45, 7) is 2.11. The zero-order valence-electron chi connectivity index (χ0n) is 14.2. The summed E-state index contributed by atoms with van der Waals surface area (Å²) in [5.74, 6) is 0.290. The molecule has 0 aliphatic carbocycles. The van der Waals surface area contributed by atoms with Crippen molar-refractivity contribution in [2.45, 2.75) is 32.2 Å². The normalized spacial score (nSPS) is 12.9. The standard InChI is InChI=1S/C20H24ClNO2/c1-15(18-12-7-9-16-8-3-4-11-19(16)18)22-17(10-5-6-13-21)14-20(23)24-2/h3-4,7-9,11-12,14-15,22H,5-6,10,13H2,1-2H3/b17-14-/t15-/m0/s1. The third-order valence-electron chi connectivity index (χ3n) is 4.01. The van der Waals surface area contributed by atoms with Gasteiger partial charge < -0.3 is 10.1 Å². The highest BCUT2D eigenvalue weighted by Crippen LogP contribution is 2.25. The Hall–Kier alpha value is -2.00. The Morgan fingerprint density at radius 2 is 1.96 bits per heavy atom. The summed E-state index contributed by atoms with van der Waals surface area (Å²) in [6.07, 6.45) is 4.17. The number of allylic oxidation sites excluding steroid dienone is 1. The van der Waals surface area contributed by atoms with E-state index in [1.165, 1.54) is 29.5 Å². The van der Waals surface area contributed by atoms with Crippen molar-refractivity contribution >= 4 is 28.3 Å². The van der Waals surface area contributed by atoms with E-state index in [2.05, 4.69) is 42.6 Å². The molecular formula is C20H24ClNO2. The van der Waals surface area contributed by atoms with E-state index in [1.807, 2.05) is 12.1 Å². The number of ether oxygens (including phenoxy) is 1. The minimum Gasteiger partial charge on any atom is -0.466 e. The molecule has 0 saturated carbocycles. The molecule has 0 heterocycles. The molecule has 3 nitrogen and oxygen atoms in total. The first-order valence-corrected chi connectivity index (χ1v) is 8.78. The van der Waals surface area contributed by atoms with Crippen LogP contribution in [0.1, 0.15) is 37.8 Å². The van der Waals surface area contributed by atoms with Gasteiger partial charge >= 0.3 is 5.97 Å². The first kappa shape index (κ1) is 18.3. The highest BCUT2D eigenvalue weighted by molar-refractivity contribution is 6.17. The predicted molar refractivity (Wildman–Crippen MR) is 100 cm³/mol. The van der Waals surface area contributed by atoms with Crippen LogP contribution in [0.2, 0.25) is 0 Å². The first-order valence-electron chi connectivity index (χ1n) is 8.24. The quantitative estimate of drug-likeness (QED) is 0.318. The number of alkyl halides is 1. The van der Waals surface area contributed by atoms with Gasteiger partial charge in [-0.15, -0.1) is 11.6 Å². The summed E-state index contributed by atoms with van der Waals surface area (Å²) in [6, 6.07) is 14.7. The molecule has 2 aromatic carbocycles. The monoisotopic (exact) mass is 345 g/mol. The molecule has 0 fully saturated rings. The fourth-order valence-corrected chi connectivity index (χ4v) is 2.97. The molecule has 0 unspecified atom stereocenters. The minimum absolute atomic E-state index is 0.0861. The number of hydrogen-bond acceptors (Lipinski definition) is 3. The number of methoxy groups -OCH3 is 1. The Morgan fingerprint density at radius 1 is 1.21 bits per heavy atom. The molecule has 1 N–H and O–H groups in total. The number of halogens is 1. The average molecular weight is 346 g/mol. The molecule has 4 heteroatoms. The summed E-state index contributed by atoms with van der Waals surface area (Å²) < 4.78 is 4.76. The van der Waals surface area contributed by atoms with Crippen LogP contribution < -0.4 is 5.32 Å². The van der Waals surface area contributed by atoms with E-state index in [4.69, 9.17) is 16.3 Å². The van der Waals surface area contributed by atoms with Crippen LogP contribution >= 0.6 is 11.6 Å². The molecule has 2 aromatic rings. The fraction of sp³-hybridized carbons (Fsp3) is 0.350. The van der Waals surface area contributed by atoms with Crippen LogP contribution in [0.15, 0.2) is 54.2 Å². The minimum atomic E-state index is -0.339. The van der Waals surface area contributed by atoms with Gasteiger partial charge in [-0.2, -0.15) is 0 Å².